The Kier molecular flexibility index (Phi) is 6.47. The summed E-state index contributed by atoms with van der Waals surface area (Å²) in [6, 6.07) is 0. The number of fused-ring (bicyclic) bond motifs is 5. The number of hydrogen-bond donors (Lipinski definition) is 3. The van der Waals surface area contributed by atoms with Crippen LogP contribution in [-0.4, -0.2) is 34.0 Å². The molecule has 4 nitrogen and oxygen atoms in total. The van der Waals surface area contributed by atoms with Crippen LogP contribution in [0.2, 0.25) is 0 Å². The first kappa shape index (κ1) is 25.9. The van der Waals surface area contributed by atoms with E-state index in [1.54, 1.807) is 0 Å². The molecule has 0 unspecified atom stereocenters. The predicted octanol–water partition coefficient (Wildman–Crippen LogP) is 6.23. The van der Waals surface area contributed by atoms with Gasteiger partial charge in [0.15, 0.2) is 0 Å². The first-order valence-corrected chi connectivity index (χ1v) is 13.6. The fraction of sp³-hybridized carbons (Fsp3) is 0.833. The van der Waals surface area contributed by atoms with E-state index in [1.807, 2.05) is 6.92 Å². The van der Waals surface area contributed by atoms with Crippen LogP contribution >= 0.6 is 0 Å². The fourth-order valence-electron chi connectivity index (χ4n) is 10.6. The van der Waals surface area contributed by atoms with Gasteiger partial charge < -0.3 is 15.3 Å². The summed E-state index contributed by atoms with van der Waals surface area (Å²) in [5.41, 5.74) is 1.92. The van der Waals surface area contributed by atoms with Crippen LogP contribution in [0, 0.1) is 51.2 Å². The molecule has 4 fully saturated rings. The van der Waals surface area contributed by atoms with E-state index in [9.17, 15) is 20.1 Å². The minimum absolute atomic E-state index is 0.0110. The molecule has 192 valence electrons. The van der Waals surface area contributed by atoms with Gasteiger partial charge in [0.2, 0.25) is 0 Å². The van der Waals surface area contributed by atoms with Gasteiger partial charge in [0.1, 0.15) is 0 Å². The molecule has 4 saturated carbocycles. The summed E-state index contributed by atoms with van der Waals surface area (Å²) in [6.07, 6.45) is 7.48. The molecule has 3 N–H and O–H groups in total. The second kappa shape index (κ2) is 8.47. The van der Waals surface area contributed by atoms with Crippen LogP contribution in [0.5, 0.6) is 0 Å². The highest BCUT2D eigenvalue weighted by atomic mass is 16.4. The summed E-state index contributed by atoms with van der Waals surface area (Å²) in [4.78, 5) is 11.6. The lowest BCUT2D eigenvalue weighted by Crippen LogP contribution is -2.66. The average Bonchev–Trinajstić information content (AvgIpc) is 3.13. The monoisotopic (exact) mass is 472 g/mol. The molecular formula is C30H48O4. The normalized spacial score (nSPS) is 50.1. The quantitative estimate of drug-likeness (QED) is 0.401. The molecule has 4 aliphatic carbocycles. The lowest BCUT2D eigenvalue weighted by Gasteiger charge is -2.71. The van der Waals surface area contributed by atoms with E-state index in [0.29, 0.717) is 30.1 Å². The summed E-state index contributed by atoms with van der Waals surface area (Å²) < 4.78 is 0. The highest BCUT2D eigenvalue weighted by molar-refractivity contribution is 5.66. The van der Waals surface area contributed by atoms with Crippen molar-refractivity contribution in [3.8, 4) is 0 Å². The Hall–Kier alpha value is -1.13. The Morgan fingerprint density at radius 2 is 1.65 bits per heavy atom. The Balaban J connectivity index is 1.80. The Labute approximate surface area is 206 Å². The molecular weight excluding hydrogens is 424 g/mol. The SMILES string of the molecule is C=C(C)[C@@H]1[C@@H](O)C[C@]2(C)[C@H](CC[C@@H]3[C@H]4[C@H](C(=C)C)CC[C@]4(CO)CC[C@]32C)[C@@]1(C)CCC(=O)O. The Bertz CT molecular complexity index is 864. The van der Waals surface area contributed by atoms with Gasteiger partial charge in [-0.15, -0.1) is 0 Å². The van der Waals surface area contributed by atoms with E-state index in [4.69, 9.17) is 0 Å². The van der Waals surface area contributed by atoms with Crippen molar-refractivity contribution in [2.45, 2.75) is 98.5 Å². The molecule has 0 aromatic heterocycles. The molecule has 0 spiro atoms. The van der Waals surface area contributed by atoms with Crippen molar-refractivity contribution in [3.05, 3.63) is 24.3 Å². The van der Waals surface area contributed by atoms with E-state index >= 15 is 0 Å². The Morgan fingerprint density at radius 3 is 2.21 bits per heavy atom. The van der Waals surface area contributed by atoms with Gasteiger partial charge in [-0.05, 0) is 111 Å². The van der Waals surface area contributed by atoms with Crippen LogP contribution in [0.1, 0.15) is 92.4 Å². The summed E-state index contributed by atoms with van der Waals surface area (Å²) >= 11 is 0. The van der Waals surface area contributed by atoms with Crippen molar-refractivity contribution in [3.63, 3.8) is 0 Å². The van der Waals surface area contributed by atoms with Crippen LogP contribution in [0.4, 0.5) is 0 Å². The molecule has 0 aliphatic heterocycles. The number of carboxylic acids is 1. The van der Waals surface area contributed by atoms with Crippen LogP contribution in [-0.2, 0) is 4.79 Å². The topological polar surface area (TPSA) is 77.8 Å². The fourth-order valence-corrected chi connectivity index (χ4v) is 10.6. The minimum atomic E-state index is -0.760. The number of carboxylic acid groups (broad SMARTS) is 1. The van der Waals surface area contributed by atoms with Gasteiger partial charge >= 0.3 is 5.97 Å². The predicted molar refractivity (Wildman–Crippen MR) is 136 cm³/mol. The number of rotatable bonds is 6. The van der Waals surface area contributed by atoms with E-state index < -0.39 is 12.1 Å². The van der Waals surface area contributed by atoms with Gasteiger partial charge in [-0.3, -0.25) is 4.79 Å². The summed E-state index contributed by atoms with van der Waals surface area (Å²) in [6.45, 7) is 20.2. The molecule has 0 amide bonds. The lowest BCUT2D eigenvalue weighted by atomic mass is 9.33. The molecule has 0 aromatic carbocycles. The van der Waals surface area contributed by atoms with E-state index in [1.165, 1.54) is 5.57 Å². The van der Waals surface area contributed by atoms with Crippen LogP contribution in [0.15, 0.2) is 24.3 Å². The number of hydrogen-bond acceptors (Lipinski definition) is 3. The van der Waals surface area contributed by atoms with E-state index in [0.717, 1.165) is 50.5 Å². The maximum atomic E-state index is 11.6. The van der Waals surface area contributed by atoms with Crippen molar-refractivity contribution in [2.24, 2.45) is 51.2 Å². The van der Waals surface area contributed by atoms with E-state index in [-0.39, 0.29) is 40.6 Å². The average molecular weight is 473 g/mol. The zero-order valence-electron chi connectivity index (χ0n) is 22.2. The van der Waals surface area contributed by atoms with Crippen molar-refractivity contribution in [1.82, 2.24) is 0 Å². The summed E-state index contributed by atoms with van der Waals surface area (Å²) in [7, 11) is 0. The van der Waals surface area contributed by atoms with Crippen LogP contribution < -0.4 is 0 Å². The largest absolute Gasteiger partial charge is 0.481 e. The molecule has 0 heterocycles. The van der Waals surface area contributed by atoms with Gasteiger partial charge in [0.25, 0.3) is 0 Å². The standard InChI is InChI=1S/C30H48O4/c1-18(2)20-10-13-30(17-31)15-14-28(6)21(26(20)30)8-9-23-27(5,12-11-24(33)34)25(19(3)4)22(32)16-29(23,28)7/h20-23,25-26,31-32H,1,3,8-17H2,2,4-7H3,(H,33,34)/t20-,21+,22-,23+,25+,26+,27+,28+,29+,30+/m0/s1. The molecule has 34 heavy (non-hydrogen) atoms. The number of aliphatic hydroxyl groups is 2. The number of allylic oxidation sites excluding steroid dienone is 1. The third-order valence-corrected chi connectivity index (χ3v) is 12.2. The summed E-state index contributed by atoms with van der Waals surface area (Å²) in [5, 5.41) is 31.8. The van der Waals surface area contributed by atoms with E-state index in [2.05, 4.69) is 40.9 Å². The summed E-state index contributed by atoms with van der Waals surface area (Å²) in [5.74, 6) is 0.928. The molecule has 4 rings (SSSR count). The smallest absolute Gasteiger partial charge is 0.303 e. The van der Waals surface area contributed by atoms with Crippen molar-refractivity contribution in [1.29, 1.82) is 0 Å². The lowest BCUT2D eigenvalue weighted by molar-refractivity contribution is -0.239. The number of carbonyl (C=O) groups is 1. The minimum Gasteiger partial charge on any atom is -0.481 e. The third kappa shape index (κ3) is 3.41. The second-order valence-corrected chi connectivity index (χ2v) is 13.6. The zero-order valence-corrected chi connectivity index (χ0v) is 22.2. The van der Waals surface area contributed by atoms with Gasteiger partial charge in [-0.1, -0.05) is 45.1 Å². The molecule has 0 bridgehead atoms. The second-order valence-electron chi connectivity index (χ2n) is 13.6. The maximum absolute atomic E-state index is 11.6. The number of aliphatic hydroxyl groups excluding tert-OH is 2. The molecule has 0 aromatic rings. The zero-order chi connectivity index (χ0) is 25.3. The molecule has 0 saturated heterocycles. The van der Waals surface area contributed by atoms with Gasteiger partial charge in [0, 0.05) is 18.9 Å². The first-order valence-electron chi connectivity index (χ1n) is 13.6. The number of aliphatic carboxylic acids is 1. The van der Waals surface area contributed by atoms with Crippen molar-refractivity contribution in [2.75, 3.05) is 6.61 Å². The van der Waals surface area contributed by atoms with Gasteiger partial charge in [0.05, 0.1) is 6.10 Å². The van der Waals surface area contributed by atoms with Crippen LogP contribution in [0.3, 0.4) is 0 Å². The van der Waals surface area contributed by atoms with Crippen LogP contribution in [0.25, 0.3) is 0 Å². The van der Waals surface area contributed by atoms with Crippen molar-refractivity contribution >= 4 is 5.97 Å². The van der Waals surface area contributed by atoms with Gasteiger partial charge in [-0.25, -0.2) is 0 Å². The maximum Gasteiger partial charge on any atom is 0.303 e. The van der Waals surface area contributed by atoms with Crippen molar-refractivity contribution < 1.29 is 20.1 Å². The third-order valence-electron chi connectivity index (χ3n) is 12.2. The highest BCUT2D eigenvalue weighted by Gasteiger charge is 2.70. The first-order chi connectivity index (χ1) is 15.8. The van der Waals surface area contributed by atoms with Gasteiger partial charge in [-0.2, -0.15) is 0 Å². The highest BCUT2D eigenvalue weighted by Crippen LogP contribution is 2.76. The molecule has 4 heteroatoms. The molecule has 0 radical (unpaired) electrons. The molecule has 4 aliphatic rings. The Morgan fingerprint density at radius 1 is 0.971 bits per heavy atom. The molecule has 10 atom stereocenters.